The van der Waals surface area contributed by atoms with Crippen molar-refractivity contribution in [2.24, 2.45) is 0 Å². The molecule has 0 aliphatic heterocycles. The molecule has 2 aromatic heterocycles. The maximum absolute atomic E-state index is 12.6. The second kappa shape index (κ2) is 7.90. The van der Waals surface area contributed by atoms with Crippen LogP contribution in [0.4, 0.5) is 13.2 Å². The molecule has 25 heavy (non-hydrogen) atoms. The summed E-state index contributed by atoms with van der Waals surface area (Å²) in [5, 5.41) is 11.0. The maximum atomic E-state index is 12.6. The minimum absolute atomic E-state index is 0.0620. The lowest BCUT2D eigenvalue weighted by Gasteiger charge is -2.07. The number of alkyl halides is 3. The van der Waals surface area contributed by atoms with Crippen LogP contribution in [0.2, 0.25) is 5.02 Å². The Morgan fingerprint density at radius 1 is 1.28 bits per heavy atom. The van der Waals surface area contributed by atoms with E-state index in [2.05, 4.69) is 15.5 Å². The average molecular weight is 378 g/mol. The Labute approximate surface area is 147 Å². The number of nitrogens with zero attached hydrogens (tertiary/aromatic N) is 4. The quantitative estimate of drug-likeness (QED) is 0.754. The van der Waals surface area contributed by atoms with Gasteiger partial charge in [0.1, 0.15) is 0 Å². The second-order valence-electron chi connectivity index (χ2n) is 5.67. The summed E-state index contributed by atoms with van der Waals surface area (Å²) < 4.78 is 40.6. The molecule has 0 bridgehead atoms. The number of aryl methyl sites for hydroxylation is 4. The zero-order valence-corrected chi connectivity index (χ0v) is 14.7. The first-order chi connectivity index (χ1) is 11.7. The van der Waals surface area contributed by atoms with Crippen molar-refractivity contribution in [3.05, 3.63) is 34.4 Å². The van der Waals surface area contributed by atoms with Gasteiger partial charge in [-0.1, -0.05) is 11.6 Å². The molecule has 0 saturated carbocycles. The first-order valence-corrected chi connectivity index (χ1v) is 8.12. The third-order valence-corrected chi connectivity index (χ3v) is 3.97. The largest absolute Gasteiger partial charge is 0.435 e. The standard InChI is InChI=1S/C15H19ClF3N5O/c1-10-8-13(15(17,18)19)22-24(10)7-4-14(25)20-5-3-6-23-9-12(16)11(2)21-23/h8-9H,3-7H2,1-2H3,(H,20,25). The van der Waals surface area contributed by atoms with Crippen LogP contribution in [0, 0.1) is 13.8 Å². The van der Waals surface area contributed by atoms with Crippen molar-refractivity contribution in [2.45, 2.75) is 46.0 Å². The molecule has 2 rings (SSSR count). The molecule has 6 nitrogen and oxygen atoms in total. The lowest BCUT2D eigenvalue weighted by atomic mass is 10.3. The topological polar surface area (TPSA) is 64.7 Å². The van der Waals surface area contributed by atoms with Gasteiger partial charge in [-0.25, -0.2) is 0 Å². The highest BCUT2D eigenvalue weighted by Crippen LogP contribution is 2.28. The lowest BCUT2D eigenvalue weighted by Crippen LogP contribution is -2.26. The molecule has 2 heterocycles. The summed E-state index contributed by atoms with van der Waals surface area (Å²) in [5.74, 6) is -0.238. The summed E-state index contributed by atoms with van der Waals surface area (Å²) in [6.45, 7) is 4.49. The fraction of sp³-hybridized carbons (Fsp3) is 0.533. The highest BCUT2D eigenvalue weighted by Gasteiger charge is 2.34. The Hall–Kier alpha value is -2.03. The average Bonchev–Trinajstić information content (AvgIpc) is 3.04. The predicted molar refractivity (Wildman–Crippen MR) is 86.2 cm³/mol. The van der Waals surface area contributed by atoms with Crippen LogP contribution in [-0.4, -0.2) is 32.0 Å². The zero-order valence-electron chi connectivity index (χ0n) is 13.9. The number of rotatable bonds is 7. The van der Waals surface area contributed by atoms with Crippen molar-refractivity contribution in [3.63, 3.8) is 0 Å². The molecule has 1 N–H and O–H groups in total. The van der Waals surface area contributed by atoms with Gasteiger partial charge in [-0.05, 0) is 26.3 Å². The van der Waals surface area contributed by atoms with Crippen molar-refractivity contribution < 1.29 is 18.0 Å². The minimum Gasteiger partial charge on any atom is -0.356 e. The molecule has 0 unspecified atom stereocenters. The summed E-state index contributed by atoms with van der Waals surface area (Å²) in [7, 11) is 0. The number of halogens is 4. The monoisotopic (exact) mass is 377 g/mol. The van der Waals surface area contributed by atoms with Gasteiger partial charge in [0.25, 0.3) is 0 Å². The van der Waals surface area contributed by atoms with Gasteiger partial charge in [-0.2, -0.15) is 23.4 Å². The van der Waals surface area contributed by atoms with Crippen molar-refractivity contribution in [1.82, 2.24) is 24.9 Å². The van der Waals surface area contributed by atoms with E-state index in [1.165, 1.54) is 11.6 Å². The Kier molecular flexibility index (Phi) is 6.10. The van der Waals surface area contributed by atoms with Gasteiger partial charge in [0.15, 0.2) is 5.69 Å². The van der Waals surface area contributed by atoms with E-state index in [0.29, 0.717) is 30.2 Å². The van der Waals surface area contributed by atoms with Crippen LogP contribution in [0.25, 0.3) is 0 Å². The van der Waals surface area contributed by atoms with Crippen molar-refractivity contribution in [2.75, 3.05) is 6.54 Å². The van der Waals surface area contributed by atoms with Crippen LogP contribution in [-0.2, 0) is 24.1 Å². The summed E-state index contributed by atoms with van der Waals surface area (Å²) >= 11 is 5.90. The van der Waals surface area contributed by atoms with Gasteiger partial charge >= 0.3 is 6.18 Å². The first-order valence-electron chi connectivity index (χ1n) is 7.74. The molecule has 1 amide bonds. The van der Waals surface area contributed by atoms with Crippen LogP contribution >= 0.6 is 11.6 Å². The Morgan fingerprint density at radius 2 is 2.00 bits per heavy atom. The molecule has 138 valence electrons. The number of carbonyl (C=O) groups is 1. The fourth-order valence-electron chi connectivity index (χ4n) is 2.25. The number of aromatic nitrogens is 4. The van der Waals surface area contributed by atoms with E-state index < -0.39 is 11.9 Å². The second-order valence-corrected chi connectivity index (χ2v) is 6.08. The summed E-state index contributed by atoms with van der Waals surface area (Å²) in [5.41, 5.74) is 0.170. The fourth-order valence-corrected chi connectivity index (χ4v) is 2.40. The Balaban J connectivity index is 1.71. The molecule has 0 aliphatic rings. The van der Waals surface area contributed by atoms with E-state index in [-0.39, 0.29) is 18.9 Å². The van der Waals surface area contributed by atoms with Gasteiger partial charge < -0.3 is 5.32 Å². The molecule has 0 atom stereocenters. The molecule has 0 aliphatic carbocycles. The molecule has 0 radical (unpaired) electrons. The molecule has 0 aromatic carbocycles. The van der Waals surface area contributed by atoms with E-state index in [1.54, 1.807) is 10.9 Å². The van der Waals surface area contributed by atoms with Gasteiger partial charge in [-0.15, -0.1) is 0 Å². The lowest BCUT2D eigenvalue weighted by molar-refractivity contribution is -0.141. The minimum atomic E-state index is -4.48. The van der Waals surface area contributed by atoms with E-state index in [9.17, 15) is 18.0 Å². The smallest absolute Gasteiger partial charge is 0.356 e. The first kappa shape index (κ1) is 19.3. The molecule has 0 spiro atoms. The molecule has 0 fully saturated rings. The summed E-state index contributed by atoms with van der Waals surface area (Å²) in [6.07, 6.45) is -2.03. The van der Waals surface area contributed by atoms with Crippen LogP contribution in [0.1, 0.15) is 29.9 Å². The highest BCUT2D eigenvalue weighted by molar-refractivity contribution is 6.31. The summed E-state index contributed by atoms with van der Waals surface area (Å²) in [4.78, 5) is 11.8. The van der Waals surface area contributed by atoms with E-state index in [4.69, 9.17) is 11.6 Å². The number of hydrogen-bond acceptors (Lipinski definition) is 3. The van der Waals surface area contributed by atoms with E-state index >= 15 is 0 Å². The van der Waals surface area contributed by atoms with Crippen molar-refractivity contribution in [3.8, 4) is 0 Å². The number of hydrogen-bond donors (Lipinski definition) is 1. The van der Waals surface area contributed by atoms with Gasteiger partial charge in [0, 0.05) is 37.9 Å². The highest BCUT2D eigenvalue weighted by atomic mass is 35.5. The van der Waals surface area contributed by atoms with Crippen molar-refractivity contribution >= 4 is 17.5 Å². The van der Waals surface area contributed by atoms with E-state index in [0.717, 1.165) is 11.8 Å². The molecular formula is C15H19ClF3N5O. The normalized spacial score (nSPS) is 11.8. The molecule has 2 aromatic rings. The molecule has 0 saturated heterocycles. The molecular weight excluding hydrogens is 359 g/mol. The van der Waals surface area contributed by atoms with Crippen LogP contribution < -0.4 is 5.32 Å². The number of carbonyl (C=O) groups excluding carboxylic acids is 1. The Morgan fingerprint density at radius 3 is 2.56 bits per heavy atom. The van der Waals surface area contributed by atoms with Gasteiger partial charge in [0.05, 0.1) is 10.7 Å². The van der Waals surface area contributed by atoms with Crippen LogP contribution in [0.3, 0.4) is 0 Å². The SMILES string of the molecule is Cc1nn(CCCNC(=O)CCn2nc(C(F)(F)F)cc2C)cc1Cl. The number of amides is 1. The summed E-state index contributed by atoms with van der Waals surface area (Å²) in [6, 6.07) is 0.967. The Bertz CT molecular complexity index is 719. The van der Waals surface area contributed by atoms with Gasteiger partial charge in [-0.3, -0.25) is 14.2 Å². The number of nitrogens with one attached hydrogen (secondary N) is 1. The van der Waals surface area contributed by atoms with E-state index in [1.807, 2.05) is 6.92 Å². The van der Waals surface area contributed by atoms with Crippen LogP contribution in [0.15, 0.2) is 12.3 Å². The third-order valence-electron chi connectivity index (χ3n) is 3.59. The zero-order chi connectivity index (χ0) is 18.6. The maximum Gasteiger partial charge on any atom is 0.435 e. The molecule has 10 heteroatoms. The van der Waals surface area contributed by atoms with Crippen molar-refractivity contribution in [1.29, 1.82) is 0 Å². The van der Waals surface area contributed by atoms with Gasteiger partial charge in [0.2, 0.25) is 5.91 Å². The third kappa shape index (κ3) is 5.48. The van der Waals surface area contributed by atoms with Crippen LogP contribution in [0.5, 0.6) is 0 Å². The predicted octanol–water partition coefficient (Wildman–Crippen LogP) is 2.97.